The van der Waals surface area contributed by atoms with Gasteiger partial charge in [-0.25, -0.2) is 4.98 Å². The van der Waals surface area contributed by atoms with E-state index in [9.17, 15) is 4.79 Å². The van der Waals surface area contributed by atoms with Gasteiger partial charge in [-0.2, -0.15) is 0 Å². The molecule has 0 saturated carbocycles. The third kappa shape index (κ3) is 4.88. The lowest BCUT2D eigenvalue weighted by molar-refractivity contribution is 0.0946. The number of nitrogens with zero attached hydrogens (tertiary/aromatic N) is 1. The van der Waals surface area contributed by atoms with Crippen molar-refractivity contribution in [2.24, 2.45) is 5.92 Å². The summed E-state index contributed by atoms with van der Waals surface area (Å²) in [5.74, 6) is 0.261. The monoisotopic (exact) mass is 332 g/mol. The summed E-state index contributed by atoms with van der Waals surface area (Å²) in [6.45, 7) is 4.75. The van der Waals surface area contributed by atoms with Crippen LogP contribution < -0.4 is 5.32 Å². The Morgan fingerprint density at radius 2 is 2.04 bits per heavy atom. The fraction of sp³-hybridized carbons (Fsp3) is 0.444. The van der Waals surface area contributed by atoms with E-state index in [1.807, 2.05) is 37.3 Å². The summed E-state index contributed by atoms with van der Waals surface area (Å²) in [6, 6.07) is 9.90. The van der Waals surface area contributed by atoms with E-state index in [1.54, 1.807) is 0 Å². The largest absolute Gasteiger partial charge is 0.396 e. The molecule has 1 unspecified atom stereocenters. The van der Waals surface area contributed by atoms with Crippen LogP contribution in [0.5, 0.6) is 0 Å². The number of hydrogen-bond donors (Lipinski definition) is 2. The number of benzene rings is 1. The number of aliphatic hydroxyl groups excluding tert-OH is 1. The van der Waals surface area contributed by atoms with Gasteiger partial charge < -0.3 is 10.4 Å². The number of aryl methyl sites for hydroxylation is 1. The summed E-state index contributed by atoms with van der Waals surface area (Å²) < 4.78 is 0. The maximum atomic E-state index is 12.4. The summed E-state index contributed by atoms with van der Waals surface area (Å²) in [7, 11) is 0. The van der Waals surface area contributed by atoms with Crippen LogP contribution in [-0.4, -0.2) is 29.1 Å². The van der Waals surface area contributed by atoms with Gasteiger partial charge in [-0.1, -0.05) is 43.7 Å². The Hall–Kier alpha value is -1.72. The van der Waals surface area contributed by atoms with Gasteiger partial charge in [-0.05, 0) is 25.7 Å². The lowest BCUT2D eigenvalue weighted by atomic mass is 10.0. The molecule has 4 nitrogen and oxygen atoms in total. The predicted octanol–water partition coefficient (Wildman–Crippen LogP) is 3.65. The highest BCUT2D eigenvalue weighted by Gasteiger charge is 2.17. The van der Waals surface area contributed by atoms with Gasteiger partial charge in [0.1, 0.15) is 9.88 Å². The molecular formula is C18H24N2O2S. The van der Waals surface area contributed by atoms with Crippen molar-refractivity contribution in [2.45, 2.75) is 33.1 Å². The Balaban J connectivity index is 2.04. The second-order valence-corrected chi connectivity index (χ2v) is 6.68. The van der Waals surface area contributed by atoms with Crippen molar-refractivity contribution in [2.75, 3.05) is 13.2 Å². The smallest absolute Gasteiger partial charge is 0.263 e. The maximum Gasteiger partial charge on any atom is 0.263 e. The molecule has 0 aliphatic carbocycles. The van der Waals surface area contributed by atoms with E-state index in [0.29, 0.717) is 17.3 Å². The Morgan fingerprint density at radius 1 is 1.30 bits per heavy atom. The SMILES string of the molecule is CCCC(CCO)CNC(=O)c1sc(-c2ccccc2)nc1C. The van der Waals surface area contributed by atoms with Crippen molar-refractivity contribution < 1.29 is 9.90 Å². The Bertz CT molecular complexity index is 619. The molecule has 1 aromatic heterocycles. The van der Waals surface area contributed by atoms with Crippen molar-refractivity contribution in [1.29, 1.82) is 0 Å². The van der Waals surface area contributed by atoms with E-state index < -0.39 is 0 Å². The molecular weight excluding hydrogens is 308 g/mol. The zero-order valence-electron chi connectivity index (χ0n) is 13.7. The van der Waals surface area contributed by atoms with Gasteiger partial charge in [0.15, 0.2) is 0 Å². The van der Waals surface area contributed by atoms with Crippen LogP contribution >= 0.6 is 11.3 Å². The van der Waals surface area contributed by atoms with E-state index >= 15 is 0 Å². The summed E-state index contributed by atoms with van der Waals surface area (Å²) in [5, 5.41) is 13.0. The van der Waals surface area contributed by atoms with E-state index in [0.717, 1.165) is 35.5 Å². The first-order valence-corrected chi connectivity index (χ1v) is 8.89. The van der Waals surface area contributed by atoms with Crippen molar-refractivity contribution in [3.05, 3.63) is 40.9 Å². The average molecular weight is 332 g/mol. The standard InChI is InChI=1S/C18H24N2O2S/c1-3-7-14(10-11-21)12-19-17(22)16-13(2)20-18(23-16)15-8-5-4-6-9-15/h4-6,8-9,14,21H,3,7,10-12H2,1-2H3,(H,19,22). The molecule has 1 amide bonds. The van der Waals surface area contributed by atoms with E-state index in [1.165, 1.54) is 11.3 Å². The molecule has 23 heavy (non-hydrogen) atoms. The minimum Gasteiger partial charge on any atom is -0.396 e. The lowest BCUT2D eigenvalue weighted by Crippen LogP contribution is -2.29. The Kier molecular flexibility index (Phi) is 6.74. The van der Waals surface area contributed by atoms with Crippen LogP contribution in [0.15, 0.2) is 30.3 Å². The molecule has 1 aromatic carbocycles. The highest BCUT2D eigenvalue weighted by Crippen LogP contribution is 2.27. The second kappa shape index (κ2) is 8.79. The van der Waals surface area contributed by atoms with Gasteiger partial charge in [0.05, 0.1) is 5.69 Å². The molecule has 2 N–H and O–H groups in total. The maximum absolute atomic E-state index is 12.4. The van der Waals surface area contributed by atoms with Gasteiger partial charge in [0, 0.05) is 18.7 Å². The molecule has 0 bridgehead atoms. The van der Waals surface area contributed by atoms with Crippen LogP contribution in [0.3, 0.4) is 0 Å². The fourth-order valence-corrected chi connectivity index (χ4v) is 3.56. The first-order chi connectivity index (χ1) is 11.2. The van der Waals surface area contributed by atoms with Gasteiger partial charge in [0.25, 0.3) is 5.91 Å². The lowest BCUT2D eigenvalue weighted by Gasteiger charge is -2.15. The normalized spacial score (nSPS) is 12.1. The zero-order chi connectivity index (χ0) is 16.7. The summed E-state index contributed by atoms with van der Waals surface area (Å²) in [4.78, 5) is 17.6. The molecule has 2 rings (SSSR count). The minimum absolute atomic E-state index is 0.0683. The van der Waals surface area contributed by atoms with Crippen molar-refractivity contribution in [1.82, 2.24) is 10.3 Å². The van der Waals surface area contributed by atoms with Crippen LogP contribution in [0.4, 0.5) is 0 Å². The molecule has 0 aliphatic rings. The van der Waals surface area contributed by atoms with Crippen LogP contribution in [0.25, 0.3) is 10.6 Å². The van der Waals surface area contributed by atoms with Crippen LogP contribution in [0.1, 0.15) is 41.6 Å². The molecule has 0 radical (unpaired) electrons. The molecule has 5 heteroatoms. The number of hydrogen-bond acceptors (Lipinski definition) is 4. The summed E-state index contributed by atoms with van der Waals surface area (Å²) >= 11 is 1.43. The third-order valence-corrected chi connectivity index (χ3v) is 5.01. The highest BCUT2D eigenvalue weighted by molar-refractivity contribution is 7.17. The molecule has 0 aliphatic heterocycles. The number of nitrogens with one attached hydrogen (secondary N) is 1. The number of aliphatic hydroxyl groups is 1. The minimum atomic E-state index is -0.0683. The molecule has 1 atom stereocenters. The van der Waals surface area contributed by atoms with Gasteiger partial charge in [-0.15, -0.1) is 11.3 Å². The topological polar surface area (TPSA) is 62.2 Å². The molecule has 2 aromatic rings. The molecule has 124 valence electrons. The van der Waals surface area contributed by atoms with Crippen LogP contribution in [0.2, 0.25) is 0 Å². The van der Waals surface area contributed by atoms with E-state index in [2.05, 4.69) is 17.2 Å². The summed E-state index contributed by atoms with van der Waals surface area (Å²) in [5.41, 5.74) is 1.80. The van der Waals surface area contributed by atoms with Crippen molar-refractivity contribution in [3.63, 3.8) is 0 Å². The van der Waals surface area contributed by atoms with Crippen molar-refractivity contribution in [3.8, 4) is 10.6 Å². The van der Waals surface area contributed by atoms with Gasteiger partial charge >= 0.3 is 0 Å². The zero-order valence-corrected chi connectivity index (χ0v) is 14.5. The Morgan fingerprint density at radius 3 is 2.70 bits per heavy atom. The summed E-state index contributed by atoms with van der Waals surface area (Å²) in [6.07, 6.45) is 2.79. The first kappa shape index (κ1) is 17.6. The number of carbonyl (C=O) groups is 1. The van der Waals surface area contributed by atoms with E-state index in [-0.39, 0.29) is 12.5 Å². The number of aromatic nitrogens is 1. The number of rotatable bonds is 8. The second-order valence-electron chi connectivity index (χ2n) is 5.68. The number of carbonyl (C=O) groups excluding carboxylic acids is 1. The third-order valence-electron chi connectivity index (χ3n) is 3.81. The van der Waals surface area contributed by atoms with Crippen LogP contribution in [0, 0.1) is 12.8 Å². The van der Waals surface area contributed by atoms with Crippen molar-refractivity contribution >= 4 is 17.2 Å². The van der Waals surface area contributed by atoms with Gasteiger partial charge in [-0.3, -0.25) is 4.79 Å². The predicted molar refractivity (Wildman–Crippen MR) is 94.7 cm³/mol. The number of thiazole rings is 1. The Labute approximate surface area is 141 Å². The molecule has 0 spiro atoms. The highest BCUT2D eigenvalue weighted by atomic mass is 32.1. The molecule has 1 heterocycles. The first-order valence-electron chi connectivity index (χ1n) is 8.07. The van der Waals surface area contributed by atoms with Crippen LogP contribution in [-0.2, 0) is 0 Å². The van der Waals surface area contributed by atoms with E-state index in [4.69, 9.17) is 5.11 Å². The quantitative estimate of drug-likeness (QED) is 0.775. The number of amides is 1. The average Bonchev–Trinajstić information content (AvgIpc) is 2.95. The fourth-order valence-electron chi connectivity index (χ4n) is 2.57. The van der Waals surface area contributed by atoms with Gasteiger partial charge in [0.2, 0.25) is 0 Å². The molecule has 0 fully saturated rings. The molecule has 0 saturated heterocycles.